The van der Waals surface area contributed by atoms with Crippen molar-refractivity contribution in [3.05, 3.63) is 65.2 Å². The Morgan fingerprint density at radius 1 is 1.11 bits per heavy atom. The maximum Gasteiger partial charge on any atom is 0.191 e. The molecule has 2 N–H and O–H groups in total. The Morgan fingerprint density at radius 3 is 2.54 bits per heavy atom. The molecule has 0 unspecified atom stereocenters. The molecule has 1 saturated heterocycles. The summed E-state index contributed by atoms with van der Waals surface area (Å²) >= 11 is 0. The lowest BCUT2D eigenvalue weighted by Gasteiger charge is -2.39. The molecule has 1 heterocycles. The van der Waals surface area contributed by atoms with Gasteiger partial charge < -0.3 is 20.1 Å². The van der Waals surface area contributed by atoms with Crippen LogP contribution < -0.4 is 15.4 Å². The van der Waals surface area contributed by atoms with E-state index in [-0.39, 0.29) is 5.41 Å². The van der Waals surface area contributed by atoms with Crippen LogP contribution in [0.5, 0.6) is 5.75 Å². The van der Waals surface area contributed by atoms with Crippen molar-refractivity contribution in [2.45, 2.75) is 31.7 Å². The summed E-state index contributed by atoms with van der Waals surface area (Å²) in [7, 11) is 3.55. The average molecular weight is 382 g/mol. The minimum absolute atomic E-state index is 0.0417. The van der Waals surface area contributed by atoms with Gasteiger partial charge in [0.25, 0.3) is 0 Å². The molecule has 3 rings (SSSR count). The van der Waals surface area contributed by atoms with Crippen LogP contribution in [-0.2, 0) is 16.7 Å². The molecule has 0 aromatic heterocycles. The Balaban J connectivity index is 1.74. The monoisotopic (exact) mass is 381 g/mol. The lowest BCUT2D eigenvalue weighted by Crippen LogP contribution is -2.48. The van der Waals surface area contributed by atoms with Gasteiger partial charge in [0.2, 0.25) is 0 Å². The number of guanidine groups is 1. The fraction of sp³-hybridized carbons (Fsp3) is 0.435. The lowest BCUT2D eigenvalue weighted by molar-refractivity contribution is 0.0505. The highest BCUT2D eigenvalue weighted by atomic mass is 16.5. The number of methoxy groups -OCH3 is 1. The van der Waals surface area contributed by atoms with Gasteiger partial charge in [-0.1, -0.05) is 48.0 Å². The minimum atomic E-state index is -0.0417. The smallest absolute Gasteiger partial charge is 0.191 e. The van der Waals surface area contributed by atoms with Crippen molar-refractivity contribution in [2.75, 3.05) is 33.9 Å². The number of rotatable bonds is 6. The van der Waals surface area contributed by atoms with Gasteiger partial charge in [-0.05, 0) is 31.4 Å². The van der Waals surface area contributed by atoms with Gasteiger partial charge in [0, 0.05) is 44.3 Å². The van der Waals surface area contributed by atoms with E-state index in [2.05, 4.69) is 52.9 Å². The number of benzene rings is 2. The molecule has 150 valence electrons. The molecule has 0 saturated carbocycles. The SMILES string of the molecule is CN=C(NCc1ccccc1)NCC1(c2cc(C)ccc2OC)CCOCC1. The first-order valence-electron chi connectivity index (χ1n) is 9.88. The van der Waals surface area contributed by atoms with Crippen LogP contribution in [0.25, 0.3) is 0 Å². The molecule has 5 heteroatoms. The molecule has 0 bridgehead atoms. The van der Waals surface area contributed by atoms with Crippen LogP contribution in [0, 0.1) is 6.92 Å². The quantitative estimate of drug-likeness (QED) is 0.595. The Morgan fingerprint density at radius 2 is 1.86 bits per heavy atom. The van der Waals surface area contributed by atoms with E-state index in [9.17, 15) is 0 Å². The van der Waals surface area contributed by atoms with Crippen LogP contribution in [0.3, 0.4) is 0 Å². The molecule has 28 heavy (non-hydrogen) atoms. The van der Waals surface area contributed by atoms with Gasteiger partial charge in [0.05, 0.1) is 7.11 Å². The Labute approximate surface area is 168 Å². The number of nitrogens with zero attached hydrogens (tertiary/aromatic N) is 1. The molecule has 1 fully saturated rings. The maximum absolute atomic E-state index is 5.70. The molecule has 0 amide bonds. The van der Waals surface area contributed by atoms with E-state index < -0.39 is 0 Å². The Bertz CT molecular complexity index is 784. The van der Waals surface area contributed by atoms with E-state index in [0.29, 0.717) is 0 Å². The molecular formula is C23H31N3O2. The highest BCUT2D eigenvalue weighted by Gasteiger charge is 2.37. The molecule has 2 aromatic carbocycles. The van der Waals surface area contributed by atoms with Crippen LogP contribution in [0.4, 0.5) is 0 Å². The van der Waals surface area contributed by atoms with Gasteiger partial charge in [-0.15, -0.1) is 0 Å². The predicted molar refractivity (Wildman–Crippen MR) is 114 cm³/mol. The average Bonchev–Trinajstić information content (AvgIpc) is 2.75. The fourth-order valence-electron chi connectivity index (χ4n) is 3.79. The second-order valence-corrected chi connectivity index (χ2v) is 7.36. The number of nitrogens with one attached hydrogen (secondary N) is 2. The zero-order valence-corrected chi connectivity index (χ0v) is 17.1. The summed E-state index contributed by atoms with van der Waals surface area (Å²) in [6.07, 6.45) is 1.91. The van der Waals surface area contributed by atoms with Crippen LogP contribution in [0.15, 0.2) is 53.5 Å². The minimum Gasteiger partial charge on any atom is -0.496 e. The first kappa shape index (κ1) is 20.2. The predicted octanol–water partition coefficient (Wildman–Crippen LogP) is 3.42. The highest BCUT2D eigenvalue weighted by molar-refractivity contribution is 5.79. The van der Waals surface area contributed by atoms with E-state index >= 15 is 0 Å². The summed E-state index contributed by atoms with van der Waals surface area (Å²) in [4.78, 5) is 4.40. The normalized spacial score (nSPS) is 16.5. The summed E-state index contributed by atoms with van der Waals surface area (Å²) < 4.78 is 11.4. The lowest BCUT2D eigenvalue weighted by atomic mass is 9.73. The van der Waals surface area contributed by atoms with Gasteiger partial charge >= 0.3 is 0 Å². The third-order valence-electron chi connectivity index (χ3n) is 5.50. The number of aliphatic imine (C=N–C) groups is 1. The van der Waals surface area contributed by atoms with E-state index in [0.717, 1.165) is 50.9 Å². The van der Waals surface area contributed by atoms with Crippen molar-refractivity contribution in [3.63, 3.8) is 0 Å². The van der Waals surface area contributed by atoms with Crippen LogP contribution >= 0.6 is 0 Å². The molecule has 1 aliphatic heterocycles. The third-order valence-corrected chi connectivity index (χ3v) is 5.50. The zero-order chi connectivity index (χ0) is 19.8. The second-order valence-electron chi connectivity index (χ2n) is 7.36. The van der Waals surface area contributed by atoms with E-state index in [1.54, 1.807) is 7.11 Å². The van der Waals surface area contributed by atoms with Crippen LogP contribution in [0.2, 0.25) is 0 Å². The molecule has 5 nitrogen and oxygen atoms in total. The molecule has 0 spiro atoms. The number of ether oxygens (including phenoxy) is 2. The topological polar surface area (TPSA) is 54.9 Å². The van der Waals surface area contributed by atoms with Gasteiger partial charge in [0.15, 0.2) is 5.96 Å². The first-order chi connectivity index (χ1) is 13.7. The molecule has 2 aromatic rings. The molecular weight excluding hydrogens is 350 g/mol. The van der Waals surface area contributed by atoms with Gasteiger partial charge in [-0.3, -0.25) is 4.99 Å². The molecule has 0 atom stereocenters. The van der Waals surface area contributed by atoms with Gasteiger partial charge in [-0.2, -0.15) is 0 Å². The standard InChI is InChI=1S/C23H31N3O2/c1-18-9-10-21(27-3)20(15-18)23(11-13-28-14-12-23)17-26-22(24-2)25-16-19-7-5-4-6-8-19/h4-10,15H,11-14,16-17H2,1-3H3,(H2,24,25,26). The third kappa shape index (κ3) is 4.84. The summed E-state index contributed by atoms with van der Waals surface area (Å²) in [6, 6.07) is 16.8. The van der Waals surface area contributed by atoms with Crippen molar-refractivity contribution in [1.29, 1.82) is 0 Å². The first-order valence-corrected chi connectivity index (χ1v) is 9.88. The number of hydrogen-bond donors (Lipinski definition) is 2. The van der Waals surface area contributed by atoms with Crippen molar-refractivity contribution in [2.24, 2.45) is 4.99 Å². The zero-order valence-electron chi connectivity index (χ0n) is 17.1. The maximum atomic E-state index is 5.70. The largest absolute Gasteiger partial charge is 0.496 e. The molecule has 0 radical (unpaired) electrons. The Hall–Kier alpha value is -2.53. The number of hydrogen-bond acceptors (Lipinski definition) is 3. The van der Waals surface area contributed by atoms with E-state index in [1.807, 2.05) is 25.2 Å². The highest BCUT2D eigenvalue weighted by Crippen LogP contribution is 2.40. The van der Waals surface area contributed by atoms with Crippen molar-refractivity contribution in [1.82, 2.24) is 10.6 Å². The molecule has 0 aliphatic carbocycles. The number of aryl methyl sites for hydroxylation is 1. The van der Waals surface area contributed by atoms with Crippen molar-refractivity contribution >= 4 is 5.96 Å². The van der Waals surface area contributed by atoms with Crippen molar-refractivity contribution < 1.29 is 9.47 Å². The summed E-state index contributed by atoms with van der Waals surface area (Å²) in [5.74, 6) is 1.75. The summed E-state index contributed by atoms with van der Waals surface area (Å²) in [5, 5.41) is 6.96. The van der Waals surface area contributed by atoms with E-state index in [1.165, 1.54) is 16.7 Å². The fourth-order valence-corrected chi connectivity index (χ4v) is 3.79. The van der Waals surface area contributed by atoms with Gasteiger partial charge in [-0.25, -0.2) is 0 Å². The second kappa shape index (κ2) is 9.60. The van der Waals surface area contributed by atoms with Crippen molar-refractivity contribution in [3.8, 4) is 5.75 Å². The Kier molecular flexibility index (Phi) is 6.93. The van der Waals surface area contributed by atoms with Crippen LogP contribution in [-0.4, -0.2) is 39.9 Å². The van der Waals surface area contributed by atoms with E-state index in [4.69, 9.17) is 9.47 Å². The van der Waals surface area contributed by atoms with Crippen LogP contribution in [0.1, 0.15) is 29.5 Å². The molecule has 1 aliphatic rings. The summed E-state index contributed by atoms with van der Waals surface area (Å²) in [5.41, 5.74) is 3.68. The summed E-state index contributed by atoms with van der Waals surface area (Å²) in [6.45, 7) is 5.17. The van der Waals surface area contributed by atoms with Gasteiger partial charge in [0.1, 0.15) is 5.75 Å².